The van der Waals surface area contributed by atoms with Crippen molar-refractivity contribution in [3.05, 3.63) is 0 Å². The van der Waals surface area contributed by atoms with Gasteiger partial charge in [-0.25, -0.2) is 0 Å². The van der Waals surface area contributed by atoms with E-state index in [1.54, 1.807) is 0 Å². The van der Waals surface area contributed by atoms with E-state index < -0.39 is 143 Å². The third-order valence-corrected chi connectivity index (χ3v) is 7.81. The second kappa shape index (κ2) is 14.7. The summed E-state index contributed by atoms with van der Waals surface area (Å²) in [6, 6.07) is 0. The Hall–Kier alpha value is -0.800. The summed E-state index contributed by atoms with van der Waals surface area (Å²) in [5.74, 6) is 0. The van der Waals surface area contributed by atoms with Gasteiger partial charge >= 0.3 is 0 Å². The fraction of sp³-hybridized carbons (Fsp3) is 1.00. The molecule has 252 valence electrons. The fourth-order valence-electron chi connectivity index (χ4n) is 5.23. The molecule has 19 atom stereocenters. The molecule has 43 heavy (non-hydrogen) atoms. The van der Waals surface area contributed by atoms with Crippen LogP contribution in [0.4, 0.5) is 0 Å². The molecule has 0 aromatic heterocycles. The molecular formula is C23H40O20. The van der Waals surface area contributed by atoms with Gasteiger partial charge in [-0.05, 0) is 0 Å². The van der Waals surface area contributed by atoms with Crippen LogP contribution in [0, 0.1) is 0 Å². The summed E-state index contributed by atoms with van der Waals surface area (Å²) >= 11 is 0. The number of hydrogen-bond acceptors (Lipinski definition) is 20. The minimum absolute atomic E-state index is 0.534. The maximum atomic E-state index is 11.1. The van der Waals surface area contributed by atoms with E-state index >= 15 is 0 Å². The van der Waals surface area contributed by atoms with Crippen molar-refractivity contribution in [3.8, 4) is 0 Å². The molecule has 4 aliphatic rings. The van der Waals surface area contributed by atoms with Gasteiger partial charge in [0.25, 0.3) is 0 Å². The second-order valence-corrected chi connectivity index (χ2v) is 10.7. The first-order chi connectivity index (χ1) is 20.3. The molecule has 4 heterocycles. The Bertz CT molecular complexity index is 867. The fourth-order valence-corrected chi connectivity index (χ4v) is 5.23. The molecule has 20 nitrogen and oxygen atoms in total. The maximum Gasteiger partial charge on any atom is 0.187 e. The van der Waals surface area contributed by atoms with Crippen molar-refractivity contribution < 1.29 is 99.5 Å². The van der Waals surface area contributed by atoms with Gasteiger partial charge in [0.05, 0.1) is 26.4 Å². The molecular weight excluding hydrogens is 596 g/mol. The molecule has 0 spiro atoms. The standard InChI is InChI=1S/C23H40O20/c24-1-6-10(29)12(31)16(35)22(39-6)42-18-11(30)7(2-25)40-23(19(18)43-21-15(34)9(28)5(27)4-37-21)41-17-8(3-26)38-20(36)14(33)13(17)32/h5-36H,1-4H2/t5-,6-,7-,8-,9+,10-,11-,12+,13-,14-,15-,16+,17-,18+,19+,20-,21+,22+,23+/m1/s1. The van der Waals surface area contributed by atoms with E-state index in [0.29, 0.717) is 0 Å². The number of rotatable bonds is 9. The molecule has 0 saturated carbocycles. The number of aliphatic hydroxyl groups excluding tert-OH is 13. The lowest BCUT2D eigenvalue weighted by atomic mass is 9.95. The van der Waals surface area contributed by atoms with Crippen molar-refractivity contribution in [3.63, 3.8) is 0 Å². The minimum atomic E-state index is -1.97. The molecule has 0 bridgehead atoms. The van der Waals surface area contributed by atoms with Crippen molar-refractivity contribution in [1.82, 2.24) is 0 Å². The van der Waals surface area contributed by atoms with Gasteiger partial charge in [-0.3, -0.25) is 0 Å². The Morgan fingerprint density at radius 1 is 0.442 bits per heavy atom. The van der Waals surface area contributed by atoms with E-state index in [0.717, 1.165) is 0 Å². The predicted molar refractivity (Wildman–Crippen MR) is 128 cm³/mol. The molecule has 0 aliphatic carbocycles. The first-order valence-corrected chi connectivity index (χ1v) is 13.5. The summed E-state index contributed by atoms with van der Waals surface area (Å²) in [7, 11) is 0. The molecule has 0 unspecified atom stereocenters. The molecule has 4 fully saturated rings. The van der Waals surface area contributed by atoms with Crippen LogP contribution < -0.4 is 0 Å². The van der Waals surface area contributed by atoms with Crippen molar-refractivity contribution >= 4 is 0 Å². The van der Waals surface area contributed by atoms with Gasteiger partial charge in [0, 0.05) is 0 Å². The van der Waals surface area contributed by atoms with Crippen molar-refractivity contribution in [2.45, 2.75) is 117 Å². The molecule has 13 N–H and O–H groups in total. The van der Waals surface area contributed by atoms with Crippen LogP contribution in [0.2, 0.25) is 0 Å². The molecule has 0 radical (unpaired) electrons. The molecule has 0 amide bonds. The lowest BCUT2D eigenvalue weighted by molar-refractivity contribution is -0.401. The van der Waals surface area contributed by atoms with E-state index in [4.69, 9.17) is 33.2 Å². The van der Waals surface area contributed by atoms with E-state index in [1.807, 2.05) is 0 Å². The average molecular weight is 637 g/mol. The predicted octanol–water partition coefficient (Wildman–Crippen LogP) is -9.11. The Balaban J connectivity index is 1.67. The Kier molecular flexibility index (Phi) is 12.0. The third-order valence-electron chi connectivity index (χ3n) is 7.81. The Morgan fingerprint density at radius 2 is 0.977 bits per heavy atom. The Morgan fingerprint density at radius 3 is 1.60 bits per heavy atom. The van der Waals surface area contributed by atoms with Crippen LogP contribution in [0.3, 0.4) is 0 Å². The highest BCUT2D eigenvalue weighted by atomic mass is 16.8. The maximum absolute atomic E-state index is 11.1. The zero-order valence-electron chi connectivity index (χ0n) is 22.5. The summed E-state index contributed by atoms with van der Waals surface area (Å²) in [4.78, 5) is 0. The number of hydrogen-bond donors (Lipinski definition) is 13. The molecule has 0 aromatic carbocycles. The topological polar surface area (TPSA) is 328 Å². The van der Waals surface area contributed by atoms with Gasteiger partial charge in [0.2, 0.25) is 0 Å². The van der Waals surface area contributed by atoms with Crippen LogP contribution in [0.15, 0.2) is 0 Å². The molecule has 0 aromatic rings. The summed E-state index contributed by atoms with van der Waals surface area (Å²) < 4.78 is 38.6. The monoisotopic (exact) mass is 636 g/mol. The smallest absolute Gasteiger partial charge is 0.187 e. The second-order valence-electron chi connectivity index (χ2n) is 10.7. The molecule has 20 heteroatoms. The summed E-state index contributed by atoms with van der Waals surface area (Å²) in [6.07, 6.45) is -33.8. The van der Waals surface area contributed by atoms with E-state index in [1.165, 1.54) is 0 Å². The van der Waals surface area contributed by atoms with Crippen molar-refractivity contribution in [2.24, 2.45) is 0 Å². The molecule has 4 aliphatic heterocycles. The lowest BCUT2D eigenvalue weighted by Gasteiger charge is -2.50. The first-order valence-electron chi connectivity index (χ1n) is 13.5. The number of ether oxygens (including phenoxy) is 7. The summed E-state index contributed by atoms with van der Waals surface area (Å²) in [5, 5.41) is 132. The van der Waals surface area contributed by atoms with Gasteiger partial charge in [0.1, 0.15) is 91.6 Å². The van der Waals surface area contributed by atoms with Crippen LogP contribution in [0.5, 0.6) is 0 Å². The minimum Gasteiger partial charge on any atom is -0.394 e. The van der Waals surface area contributed by atoms with Crippen LogP contribution >= 0.6 is 0 Å². The quantitative estimate of drug-likeness (QED) is 0.112. The van der Waals surface area contributed by atoms with Gasteiger partial charge < -0.3 is 99.5 Å². The average Bonchev–Trinajstić information content (AvgIpc) is 2.99. The van der Waals surface area contributed by atoms with Gasteiger partial charge in [-0.1, -0.05) is 0 Å². The van der Waals surface area contributed by atoms with Crippen molar-refractivity contribution in [1.29, 1.82) is 0 Å². The van der Waals surface area contributed by atoms with Crippen LogP contribution in [0.1, 0.15) is 0 Å². The van der Waals surface area contributed by atoms with Crippen LogP contribution in [0.25, 0.3) is 0 Å². The zero-order valence-corrected chi connectivity index (χ0v) is 22.5. The van der Waals surface area contributed by atoms with Crippen LogP contribution in [-0.4, -0.2) is 210 Å². The SMILES string of the molecule is OC[C@H]1O[C@@H](O[C@H]2[C@H](O)[C@@H](CO)O[C@@H](O[C@H]3[C@H](O)[C@@H](O)[C@H](O)O[C@@H]3CO)[C@H]2O[C@@H]2OC[C@@H](O)[C@H](O)[C@H]2O)[C@@H](O)[C@@H](O)[C@@H]1O. The Labute approximate surface area is 243 Å². The number of aliphatic hydroxyl groups is 13. The van der Waals surface area contributed by atoms with Crippen LogP contribution in [-0.2, 0) is 33.2 Å². The lowest BCUT2D eigenvalue weighted by Crippen LogP contribution is -2.68. The first kappa shape index (κ1) is 35.1. The molecule has 4 rings (SSSR count). The van der Waals surface area contributed by atoms with Gasteiger partial charge in [-0.2, -0.15) is 0 Å². The van der Waals surface area contributed by atoms with E-state index in [2.05, 4.69) is 0 Å². The highest BCUT2D eigenvalue weighted by molar-refractivity contribution is 4.98. The van der Waals surface area contributed by atoms with E-state index in [9.17, 15) is 66.4 Å². The van der Waals surface area contributed by atoms with Gasteiger partial charge in [-0.15, -0.1) is 0 Å². The molecule has 4 saturated heterocycles. The largest absolute Gasteiger partial charge is 0.394 e. The normalized spacial score (nSPS) is 53.1. The van der Waals surface area contributed by atoms with E-state index in [-0.39, 0.29) is 0 Å². The summed E-state index contributed by atoms with van der Waals surface area (Å²) in [5.41, 5.74) is 0. The highest BCUT2D eigenvalue weighted by Crippen LogP contribution is 2.35. The zero-order chi connectivity index (χ0) is 31.7. The highest BCUT2D eigenvalue weighted by Gasteiger charge is 2.55. The van der Waals surface area contributed by atoms with Gasteiger partial charge in [0.15, 0.2) is 25.2 Å². The third kappa shape index (κ3) is 7.13. The summed E-state index contributed by atoms with van der Waals surface area (Å²) in [6.45, 7) is -3.11. The van der Waals surface area contributed by atoms with Crippen molar-refractivity contribution in [2.75, 3.05) is 26.4 Å².